The van der Waals surface area contributed by atoms with E-state index in [2.05, 4.69) is 10.2 Å². The third kappa shape index (κ3) is 3.45. The van der Waals surface area contributed by atoms with E-state index in [-0.39, 0.29) is 5.91 Å². The Morgan fingerprint density at radius 2 is 2.27 bits per heavy atom. The summed E-state index contributed by atoms with van der Waals surface area (Å²) in [6.07, 6.45) is 0. The monoisotopic (exact) mass is 228 g/mol. The molecule has 6 heteroatoms. The smallest absolute Gasteiger partial charge is 0.239 e. The van der Waals surface area contributed by atoms with Gasteiger partial charge in [0.1, 0.15) is 0 Å². The molecule has 5 nitrogen and oxygen atoms in total. The molecule has 0 saturated carbocycles. The predicted octanol–water partition coefficient (Wildman–Crippen LogP) is 0.436. The van der Waals surface area contributed by atoms with Crippen LogP contribution in [0.25, 0.3) is 0 Å². The van der Waals surface area contributed by atoms with Gasteiger partial charge in [0.15, 0.2) is 5.15 Å². The number of hydrogen-bond acceptors (Lipinski definition) is 4. The molecule has 1 aromatic heterocycles. The molecule has 0 aliphatic carbocycles. The maximum Gasteiger partial charge on any atom is 0.239 e. The van der Waals surface area contributed by atoms with Crippen molar-refractivity contribution in [2.45, 2.75) is 19.5 Å². The highest BCUT2D eigenvalue weighted by Crippen LogP contribution is 2.04. The fraction of sp³-hybridized carbons (Fsp3) is 0.444. The summed E-state index contributed by atoms with van der Waals surface area (Å²) >= 11 is 5.59. The Kier molecular flexibility index (Phi) is 3.99. The summed E-state index contributed by atoms with van der Waals surface area (Å²) in [5.41, 5.74) is 6.14. The van der Waals surface area contributed by atoms with Crippen molar-refractivity contribution < 1.29 is 4.79 Å². The summed E-state index contributed by atoms with van der Waals surface area (Å²) < 4.78 is 0. The Morgan fingerprint density at radius 3 is 2.73 bits per heavy atom. The molecule has 82 valence electrons. The second-order valence-electron chi connectivity index (χ2n) is 3.33. The predicted molar refractivity (Wildman–Crippen MR) is 57.2 cm³/mol. The lowest BCUT2D eigenvalue weighted by atomic mass is 10.3. The van der Waals surface area contributed by atoms with Crippen LogP contribution in [0.4, 0.5) is 0 Å². The molecule has 0 fully saturated rings. The highest BCUT2D eigenvalue weighted by atomic mass is 35.5. The van der Waals surface area contributed by atoms with Crippen molar-refractivity contribution in [1.82, 2.24) is 15.1 Å². The SMILES string of the molecule is CC(N)C(=O)N(C)Cc1ccc(Cl)nn1. The van der Waals surface area contributed by atoms with Crippen molar-refractivity contribution in [1.29, 1.82) is 0 Å². The number of hydrogen-bond donors (Lipinski definition) is 1. The molecule has 2 N–H and O–H groups in total. The molecule has 1 atom stereocenters. The van der Waals surface area contributed by atoms with E-state index < -0.39 is 6.04 Å². The van der Waals surface area contributed by atoms with E-state index in [1.165, 1.54) is 4.90 Å². The van der Waals surface area contributed by atoms with Gasteiger partial charge in [-0.3, -0.25) is 4.79 Å². The lowest BCUT2D eigenvalue weighted by Gasteiger charge is -2.18. The van der Waals surface area contributed by atoms with Gasteiger partial charge in [-0.25, -0.2) is 0 Å². The fourth-order valence-electron chi connectivity index (χ4n) is 1.10. The van der Waals surface area contributed by atoms with Gasteiger partial charge < -0.3 is 10.6 Å². The van der Waals surface area contributed by atoms with Crippen molar-refractivity contribution in [3.05, 3.63) is 23.0 Å². The van der Waals surface area contributed by atoms with Crippen molar-refractivity contribution in [2.24, 2.45) is 5.73 Å². The first-order valence-electron chi connectivity index (χ1n) is 4.49. The van der Waals surface area contributed by atoms with Crippen molar-refractivity contribution in [2.75, 3.05) is 7.05 Å². The van der Waals surface area contributed by atoms with Crippen LogP contribution < -0.4 is 5.73 Å². The van der Waals surface area contributed by atoms with Gasteiger partial charge in [0, 0.05) is 7.05 Å². The average Bonchev–Trinajstić information content (AvgIpc) is 2.20. The van der Waals surface area contributed by atoms with Crippen LogP contribution >= 0.6 is 11.6 Å². The summed E-state index contributed by atoms with van der Waals surface area (Å²) in [5, 5.41) is 7.86. The van der Waals surface area contributed by atoms with Gasteiger partial charge in [0.25, 0.3) is 0 Å². The maximum absolute atomic E-state index is 11.4. The average molecular weight is 229 g/mol. The largest absolute Gasteiger partial charge is 0.338 e. The van der Waals surface area contributed by atoms with Gasteiger partial charge in [-0.15, -0.1) is 5.10 Å². The van der Waals surface area contributed by atoms with E-state index >= 15 is 0 Å². The Hall–Kier alpha value is -1.20. The normalized spacial score (nSPS) is 12.3. The topological polar surface area (TPSA) is 72.1 Å². The van der Waals surface area contributed by atoms with Crippen LogP contribution in [0.2, 0.25) is 5.15 Å². The summed E-state index contributed by atoms with van der Waals surface area (Å²) in [5.74, 6) is -0.133. The summed E-state index contributed by atoms with van der Waals surface area (Å²) in [7, 11) is 1.67. The van der Waals surface area contributed by atoms with Crippen molar-refractivity contribution in [3.8, 4) is 0 Å². The van der Waals surface area contributed by atoms with E-state index in [1.54, 1.807) is 26.1 Å². The number of carbonyl (C=O) groups excluding carboxylic acids is 1. The van der Waals surface area contributed by atoms with Crippen LogP contribution in [-0.2, 0) is 11.3 Å². The van der Waals surface area contributed by atoms with Gasteiger partial charge in [0.05, 0.1) is 18.3 Å². The first kappa shape index (κ1) is 11.9. The number of halogens is 1. The zero-order chi connectivity index (χ0) is 11.4. The molecule has 1 aromatic rings. The minimum Gasteiger partial charge on any atom is -0.338 e. The van der Waals surface area contributed by atoms with Gasteiger partial charge in [-0.1, -0.05) is 11.6 Å². The Labute approximate surface area is 93.2 Å². The molecule has 0 saturated heterocycles. The molecule has 0 bridgehead atoms. The number of nitrogens with zero attached hydrogens (tertiary/aromatic N) is 3. The number of aromatic nitrogens is 2. The van der Waals surface area contributed by atoms with E-state index in [4.69, 9.17) is 17.3 Å². The van der Waals surface area contributed by atoms with E-state index in [1.807, 2.05) is 0 Å². The molecule has 1 amide bonds. The van der Waals surface area contributed by atoms with Crippen LogP contribution in [0.3, 0.4) is 0 Å². The van der Waals surface area contributed by atoms with Gasteiger partial charge in [-0.05, 0) is 19.1 Å². The molecular formula is C9H13ClN4O. The maximum atomic E-state index is 11.4. The molecular weight excluding hydrogens is 216 g/mol. The molecule has 0 spiro atoms. The molecule has 1 unspecified atom stereocenters. The van der Waals surface area contributed by atoms with Crippen LogP contribution in [0.1, 0.15) is 12.6 Å². The number of rotatable bonds is 3. The second kappa shape index (κ2) is 5.04. The van der Waals surface area contributed by atoms with E-state index in [0.717, 1.165) is 0 Å². The Bertz CT molecular complexity index is 338. The number of carbonyl (C=O) groups is 1. The van der Waals surface area contributed by atoms with Crippen LogP contribution in [0.15, 0.2) is 12.1 Å². The third-order valence-corrected chi connectivity index (χ3v) is 2.05. The van der Waals surface area contributed by atoms with Gasteiger partial charge >= 0.3 is 0 Å². The van der Waals surface area contributed by atoms with Crippen LogP contribution in [-0.4, -0.2) is 34.1 Å². The highest BCUT2D eigenvalue weighted by molar-refractivity contribution is 6.29. The molecule has 0 aromatic carbocycles. The quantitative estimate of drug-likeness (QED) is 0.815. The molecule has 0 aliphatic heterocycles. The van der Waals surface area contributed by atoms with Gasteiger partial charge in [0.2, 0.25) is 5.91 Å². The molecule has 15 heavy (non-hydrogen) atoms. The first-order valence-corrected chi connectivity index (χ1v) is 4.87. The van der Waals surface area contributed by atoms with Crippen LogP contribution in [0.5, 0.6) is 0 Å². The Balaban J connectivity index is 2.62. The number of amides is 1. The van der Waals surface area contributed by atoms with E-state index in [9.17, 15) is 4.79 Å². The zero-order valence-corrected chi connectivity index (χ0v) is 9.40. The minimum atomic E-state index is -0.504. The number of likely N-dealkylation sites (N-methyl/N-ethyl adjacent to an activating group) is 1. The molecule has 1 heterocycles. The van der Waals surface area contributed by atoms with E-state index in [0.29, 0.717) is 17.4 Å². The minimum absolute atomic E-state index is 0.133. The summed E-state index contributed by atoms with van der Waals surface area (Å²) in [6, 6.07) is 2.85. The van der Waals surface area contributed by atoms with Crippen LogP contribution in [0, 0.1) is 0 Å². The fourth-order valence-corrected chi connectivity index (χ4v) is 1.20. The standard InChI is InChI=1S/C9H13ClN4O/c1-6(11)9(15)14(2)5-7-3-4-8(10)13-12-7/h3-4,6H,5,11H2,1-2H3. The third-order valence-electron chi connectivity index (χ3n) is 1.85. The van der Waals surface area contributed by atoms with Crippen molar-refractivity contribution >= 4 is 17.5 Å². The molecule has 1 rings (SSSR count). The molecule has 0 radical (unpaired) electrons. The lowest BCUT2D eigenvalue weighted by Crippen LogP contribution is -2.39. The zero-order valence-electron chi connectivity index (χ0n) is 8.64. The van der Waals surface area contributed by atoms with Crippen molar-refractivity contribution in [3.63, 3.8) is 0 Å². The Morgan fingerprint density at radius 1 is 1.60 bits per heavy atom. The first-order chi connectivity index (χ1) is 7.00. The summed E-state index contributed by atoms with van der Waals surface area (Å²) in [6.45, 7) is 2.02. The second-order valence-corrected chi connectivity index (χ2v) is 3.72. The molecule has 0 aliphatic rings. The van der Waals surface area contributed by atoms with Gasteiger partial charge in [-0.2, -0.15) is 5.10 Å². The summed E-state index contributed by atoms with van der Waals surface area (Å²) in [4.78, 5) is 12.9. The number of nitrogens with two attached hydrogens (primary N) is 1. The lowest BCUT2D eigenvalue weighted by molar-refractivity contribution is -0.131. The highest BCUT2D eigenvalue weighted by Gasteiger charge is 2.13.